The maximum atomic E-state index is 12.9. The first kappa shape index (κ1) is 23.4. The molecule has 2 N–H and O–H groups in total. The van der Waals surface area contributed by atoms with Crippen LogP contribution >= 0.6 is 0 Å². The Morgan fingerprint density at radius 2 is 1.69 bits per heavy atom. The van der Waals surface area contributed by atoms with Crippen LogP contribution in [0.2, 0.25) is 0 Å². The fourth-order valence-electron chi connectivity index (χ4n) is 5.30. The molecule has 1 aliphatic heterocycles. The van der Waals surface area contributed by atoms with Crippen molar-refractivity contribution in [2.75, 3.05) is 26.9 Å². The number of nitrogens with one attached hydrogen (secondary N) is 1. The molecule has 5 rings (SSSR count). The number of fused-ring (bicyclic) bond motifs is 3. The van der Waals surface area contributed by atoms with Gasteiger partial charge in [-0.15, -0.1) is 0 Å². The minimum absolute atomic E-state index is 0.0318. The van der Waals surface area contributed by atoms with E-state index < -0.39 is 24.0 Å². The summed E-state index contributed by atoms with van der Waals surface area (Å²) in [4.78, 5) is 38.6. The highest BCUT2D eigenvalue weighted by Crippen LogP contribution is 2.44. The molecule has 184 valence electrons. The lowest BCUT2D eigenvalue weighted by molar-refractivity contribution is -0.144. The van der Waals surface area contributed by atoms with Crippen molar-refractivity contribution in [3.63, 3.8) is 0 Å². The fraction of sp³-hybridized carbons (Fsp3) is 0.444. The maximum absolute atomic E-state index is 12.9. The first-order valence-electron chi connectivity index (χ1n) is 12.1. The second-order valence-corrected chi connectivity index (χ2v) is 9.67. The number of likely N-dealkylation sites (N-methyl/N-ethyl adjacent to an activating group) is 1. The van der Waals surface area contributed by atoms with Crippen LogP contribution in [-0.2, 0) is 19.1 Å². The number of nitrogens with zero attached hydrogens (tertiary/aromatic N) is 1. The molecule has 1 saturated heterocycles. The lowest BCUT2D eigenvalue weighted by Gasteiger charge is -2.28. The maximum Gasteiger partial charge on any atom is 0.407 e. The van der Waals surface area contributed by atoms with Crippen LogP contribution in [0.1, 0.15) is 36.3 Å². The molecule has 0 spiro atoms. The third-order valence-corrected chi connectivity index (χ3v) is 7.49. The number of hydrogen-bond acceptors (Lipinski definition) is 5. The first-order valence-corrected chi connectivity index (χ1v) is 12.1. The standard InChI is InChI=1S/C27H30N2O6/c1-29(24-15-34-13-22(24)26(31)32)25(30)12-23(16-10-11-16)28-27(33)35-14-21-19-8-4-2-6-17(19)18-7-3-5-9-20(18)21/h2-9,16,21-24H,10-15H2,1H3,(H,28,33)(H,31,32). The molecule has 1 saturated carbocycles. The van der Waals surface area contributed by atoms with E-state index in [2.05, 4.69) is 29.6 Å². The predicted molar refractivity (Wildman–Crippen MR) is 128 cm³/mol. The van der Waals surface area contributed by atoms with E-state index in [1.54, 1.807) is 7.05 Å². The van der Waals surface area contributed by atoms with E-state index in [0.29, 0.717) is 0 Å². The molecule has 8 heteroatoms. The number of amides is 2. The molecule has 2 fully saturated rings. The molecule has 2 aliphatic carbocycles. The summed E-state index contributed by atoms with van der Waals surface area (Å²) < 4.78 is 11.0. The second kappa shape index (κ2) is 9.70. The smallest absolute Gasteiger partial charge is 0.407 e. The molecule has 0 radical (unpaired) electrons. The molecule has 2 aromatic rings. The number of rotatable bonds is 8. The number of aliphatic carboxylic acids is 1. The zero-order chi connectivity index (χ0) is 24.5. The van der Waals surface area contributed by atoms with Crippen molar-refractivity contribution in [1.82, 2.24) is 10.2 Å². The van der Waals surface area contributed by atoms with E-state index in [9.17, 15) is 19.5 Å². The summed E-state index contributed by atoms with van der Waals surface area (Å²) in [5, 5.41) is 12.3. The monoisotopic (exact) mass is 478 g/mol. The Bertz CT molecular complexity index is 1080. The van der Waals surface area contributed by atoms with Crippen molar-refractivity contribution in [2.45, 2.75) is 37.3 Å². The van der Waals surface area contributed by atoms with Crippen molar-refractivity contribution >= 4 is 18.0 Å². The number of hydrogen-bond donors (Lipinski definition) is 2. The molecule has 8 nitrogen and oxygen atoms in total. The summed E-state index contributed by atoms with van der Waals surface area (Å²) in [5.74, 6) is -1.72. The fourth-order valence-corrected chi connectivity index (χ4v) is 5.30. The van der Waals surface area contributed by atoms with Gasteiger partial charge < -0.3 is 24.8 Å². The van der Waals surface area contributed by atoms with Crippen LogP contribution in [0.15, 0.2) is 48.5 Å². The Balaban J connectivity index is 1.20. The van der Waals surface area contributed by atoms with Gasteiger partial charge in [0.1, 0.15) is 12.5 Å². The summed E-state index contributed by atoms with van der Waals surface area (Å²) in [6, 6.07) is 15.5. The summed E-state index contributed by atoms with van der Waals surface area (Å²) in [6.07, 6.45) is 1.45. The minimum atomic E-state index is -0.970. The Kier molecular flexibility index (Phi) is 6.47. The van der Waals surface area contributed by atoms with Crippen LogP contribution < -0.4 is 5.32 Å². The van der Waals surface area contributed by atoms with E-state index in [0.717, 1.165) is 35.1 Å². The number of alkyl carbamates (subject to hydrolysis) is 1. The van der Waals surface area contributed by atoms with Gasteiger partial charge in [-0.25, -0.2) is 4.79 Å². The van der Waals surface area contributed by atoms with Crippen LogP contribution in [0.25, 0.3) is 11.1 Å². The highest BCUT2D eigenvalue weighted by Gasteiger charge is 2.41. The minimum Gasteiger partial charge on any atom is -0.481 e. The number of carbonyl (C=O) groups excluding carboxylic acids is 2. The molecular weight excluding hydrogens is 448 g/mol. The average molecular weight is 479 g/mol. The lowest BCUT2D eigenvalue weighted by atomic mass is 9.98. The molecular formula is C27H30N2O6. The molecule has 1 heterocycles. The first-order chi connectivity index (χ1) is 16.9. The Morgan fingerprint density at radius 3 is 2.29 bits per heavy atom. The van der Waals surface area contributed by atoms with Crippen LogP contribution in [0.4, 0.5) is 4.79 Å². The highest BCUT2D eigenvalue weighted by molar-refractivity contribution is 5.80. The molecule has 3 unspecified atom stereocenters. The molecule has 0 bridgehead atoms. The number of ether oxygens (including phenoxy) is 2. The second-order valence-electron chi connectivity index (χ2n) is 9.67. The van der Waals surface area contributed by atoms with Gasteiger partial charge in [-0.05, 0) is 41.0 Å². The van der Waals surface area contributed by atoms with E-state index in [1.165, 1.54) is 4.90 Å². The van der Waals surface area contributed by atoms with E-state index in [1.807, 2.05) is 24.3 Å². The number of carboxylic acid groups (broad SMARTS) is 1. The molecule has 0 aromatic heterocycles. The van der Waals surface area contributed by atoms with E-state index in [4.69, 9.17) is 9.47 Å². The molecule has 3 aliphatic rings. The van der Waals surface area contributed by atoms with Gasteiger partial charge >= 0.3 is 12.1 Å². The van der Waals surface area contributed by atoms with Gasteiger partial charge in [0.25, 0.3) is 0 Å². The molecule has 2 amide bonds. The van der Waals surface area contributed by atoms with Gasteiger partial charge in [-0.3, -0.25) is 9.59 Å². The van der Waals surface area contributed by atoms with Gasteiger partial charge in [-0.1, -0.05) is 48.5 Å². The summed E-state index contributed by atoms with van der Waals surface area (Å²) in [5.41, 5.74) is 4.61. The van der Waals surface area contributed by atoms with Crippen LogP contribution in [0, 0.1) is 11.8 Å². The van der Waals surface area contributed by atoms with Crippen molar-refractivity contribution in [3.05, 3.63) is 59.7 Å². The van der Waals surface area contributed by atoms with E-state index in [-0.39, 0.29) is 50.0 Å². The van der Waals surface area contributed by atoms with Crippen LogP contribution in [0.3, 0.4) is 0 Å². The van der Waals surface area contributed by atoms with Crippen LogP contribution in [-0.4, -0.2) is 66.9 Å². The predicted octanol–water partition coefficient (Wildman–Crippen LogP) is 3.25. The highest BCUT2D eigenvalue weighted by atomic mass is 16.5. The number of carbonyl (C=O) groups is 3. The molecule has 2 aromatic carbocycles. The topological polar surface area (TPSA) is 105 Å². The zero-order valence-corrected chi connectivity index (χ0v) is 19.7. The number of carboxylic acids is 1. The Labute approximate surface area is 204 Å². The largest absolute Gasteiger partial charge is 0.481 e. The molecule has 35 heavy (non-hydrogen) atoms. The van der Waals surface area contributed by atoms with Crippen LogP contribution in [0.5, 0.6) is 0 Å². The SMILES string of the molecule is CN(C(=O)CC(NC(=O)OCC1c2ccccc2-c2ccccc21)C1CC1)C1COCC1C(=O)O. The average Bonchev–Trinajstić information content (AvgIpc) is 3.50. The summed E-state index contributed by atoms with van der Waals surface area (Å²) in [6.45, 7) is 0.513. The molecule has 3 atom stereocenters. The summed E-state index contributed by atoms with van der Waals surface area (Å²) >= 11 is 0. The zero-order valence-electron chi connectivity index (χ0n) is 19.7. The third-order valence-electron chi connectivity index (χ3n) is 7.49. The van der Waals surface area contributed by atoms with Gasteiger partial charge in [0.2, 0.25) is 5.91 Å². The Hall–Kier alpha value is -3.39. The van der Waals surface area contributed by atoms with Gasteiger partial charge in [0, 0.05) is 25.4 Å². The van der Waals surface area contributed by atoms with Gasteiger partial charge in [-0.2, -0.15) is 0 Å². The summed E-state index contributed by atoms with van der Waals surface area (Å²) in [7, 11) is 1.61. The van der Waals surface area contributed by atoms with Gasteiger partial charge in [0.15, 0.2) is 0 Å². The number of benzene rings is 2. The van der Waals surface area contributed by atoms with Gasteiger partial charge in [0.05, 0.1) is 19.3 Å². The Morgan fingerprint density at radius 1 is 1.06 bits per heavy atom. The van der Waals surface area contributed by atoms with Crippen molar-refractivity contribution < 1.29 is 29.0 Å². The normalized spacial score (nSPS) is 21.6. The van der Waals surface area contributed by atoms with Crippen molar-refractivity contribution in [1.29, 1.82) is 0 Å². The van der Waals surface area contributed by atoms with Crippen molar-refractivity contribution in [3.8, 4) is 11.1 Å². The third kappa shape index (κ3) is 4.75. The quantitative estimate of drug-likeness (QED) is 0.604. The lowest BCUT2D eigenvalue weighted by Crippen LogP contribution is -2.47. The van der Waals surface area contributed by atoms with Crippen molar-refractivity contribution in [2.24, 2.45) is 11.8 Å². The van der Waals surface area contributed by atoms with E-state index >= 15 is 0 Å².